The third kappa shape index (κ3) is 4.43. The van der Waals surface area contributed by atoms with Gasteiger partial charge in [-0.25, -0.2) is 6.57 Å². The van der Waals surface area contributed by atoms with E-state index in [4.69, 9.17) is 11.3 Å². The molecule has 1 aliphatic heterocycles. The van der Waals surface area contributed by atoms with Crippen LogP contribution in [0.5, 0.6) is 0 Å². The van der Waals surface area contributed by atoms with Crippen molar-refractivity contribution >= 4 is 5.97 Å². The first-order valence-corrected chi connectivity index (χ1v) is 17.5. The molecule has 252 valence electrons. The second-order valence-electron chi connectivity index (χ2n) is 18.2. The highest BCUT2D eigenvalue weighted by atomic mass is 16.6. The number of hydrogen-bond donors (Lipinski definition) is 5. The molecule has 6 rings (SSSR count). The fraction of sp³-hybridized carbons (Fsp3) is 0.892. The second kappa shape index (κ2) is 10.5. The molecule has 0 aromatic rings. The van der Waals surface area contributed by atoms with Crippen LogP contribution in [0.25, 0.3) is 4.85 Å². The van der Waals surface area contributed by atoms with Crippen LogP contribution in [0.1, 0.15) is 113 Å². The van der Waals surface area contributed by atoms with Gasteiger partial charge in [0.15, 0.2) is 6.10 Å². The van der Waals surface area contributed by atoms with Crippen molar-refractivity contribution in [1.29, 1.82) is 0 Å². The van der Waals surface area contributed by atoms with Crippen molar-refractivity contribution in [3.05, 3.63) is 23.1 Å². The van der Waals surface area contributed by atoms with Crippen LogP contribution >= 0.6 is 0 Å². The number of rotatable bonds is 3. The van der Waals surface area contributed by atoms with Crippen molar-refractivity contribution < 1.29 is 35.1 Å². The van der Waals surface area contributed by atoms with E-state index in [1.807, 2.05) is 0 Å². The summed E-state index contributed by atoms with van der Waals surface area (Å²) in [5.74, 6) is -0.0152. The number of aliphatic hydroxyl groups is 4. The SMILES string of the molecule is [C-]#[N+]C1O[C@@H]([C@@H](O)[C@H]2CC[C@@]3(C)C(CC[C@]4(C)C3CC=C3C5CC(C)(C)CC[C@]5(C(=O)O)CC[C@]34C)C2(C)C)C(O)[C@@H](O)[C@@H]1O. The summed E-state index contributed by atoms with van der Waals surface area (Å²) in [6, 6.07) is 0. The summed E-state index contributed by atoms with van der Waals surface area (Å²) in [6.45, 7) is 23.9. The van der Waals surface area contributed by atoms with Gasteiger partial charge in [0.25, 0.3) is 0 Å². The predicted molar refractivity (Wildman–Crippen MR) is 169 cm³/mol. The van der Waals surface area contributed by atoms with E-state index in [0.717, 1.165) is 64.2 Å². The van der Waals surface area contributed by atoms with Gasteiger partial charge in [-0.2, -0.15) is 0 Å². The highest BCUT2D eigenvalue weighted by Gasteiger charge is 2.70. The molecule has 14 atom stereocenters. The van der Waals surface area contributed by atoms with Gasteiger partial charge in [-0.15, -0.1) is 0 Å². The first-order chi connectivity index (χ1) is 20.8. The average Bonchev–Trinajstić information content (AvgIpc) is 2.95. The lowest BCUT2D eigenvalue weighted by Crippen LogP contribution is -2.66. The zero-order chi connectivity index (χ0) is 33.1. The molecule has 4 saturated carbocycles. The monoisotopic (exact) mass is 627 g/mol. The molecule has 1 heterocycles. The first kappa shape index (κ1) is 33.4. The molecule has 5 aliphatic carbocycles. The molecule has 5 fully saturated rings. The summed E-state index contributed by atoms with van der Waals surface area (Å²) in [6.07, 6.45) is 3.30. The Morgan fingerprint density at radius 2 is 1.58 bits per heavy atom. The number of aliphatic hydroxyl groups excluding tert-OH is 4. The Bertz CT molecular complexity index is 1290. The van der Waals surface area contributed by atoms with Gasteiger partial charge in [0.1, 0.15) is 18.3 Å². The fourth-order valence-electron chi connectivity index (χ4n) is 12.8. The molecule has 5 unspecified atom stereocenters. The Balaban J connectivity index is 1.31. The van der Waals surface area contributed by atoms with Gasteiger partial charge in [-0.05, 0) is 115 Å². The third-order valence-electron chi connectivity index (χ3n) is 15.7. The summed E-state index contributed by atoms with van der Waals surface area (Å²) in [4.78, 5) is 16.3. The zero-order valence-corrected chi connectivity index (χ0v) is 28.4. The van der Waals surface area contributed by atoms with Crippen LogP contribution < -0.4 is 0 Å². The van der Waals surface area contributed by atoms with Crippen molar-refractivity contribution in [2.45, 2.75) is 149 Å². The van der Waals surface area contributed by atoms with E-state index in [1.165, 1.54) is 5.57 Å². The molecule has 0 aromatic carbocycles. The number of ether oxygens (including phenoxy) is 1. The van der Waals surface area contributed by atoms with Crippen LogP contribution in [0.4, 0.5) is 0 Å². The van der Waals surface area contributed by atoms with Gasteiger partial charge in [0.2, 0.25) is 0 Å². The molecule has 1 saturated heterocycles. The third-order valence-corrected chi connectivity index (χ3v) is 15.7. The number of carboxylic acids is 1. The van der Waals surface area contributed by atoms with E-state index in [9.17, 15) is 30.3 Å². The van der Waals surface area contributed by atoms with E-state index in [1.54, 1.807) is 0 Å². The number of fused-ring (bicyclic) bond motifs is 7. The van der Waals surface area contributed by atoms with Crippen LogP contribution in [-0.2, 0) is 9.53 Å². The Morgan fingerprint density at radius 1 is 0.911 bits per heavy atom. The minimum atomic E-state index is -1.56. The van der Waals surface area contributed by atoms with Crippen LogP contribution in [-0.4, -0.2) is 68.2 Å². The van der Waals surface area contributed by atoms with Gasteiger partial charge < -0.3 is 25.5 Å². The minimum Gasteiger partial charge on any atom is -0.481 e. The number of nitrogens with zero attached hydrogens (tertiary/aromatic N) is 1. The molecule has 0 spiro atoms. The summed E-state index contributed by atoms with van der Waals surface area (Å²) in [5.41, 5.74) is 0.566. The number of allylic oxidation sites excluding steroid dienone is 2. The van der Waals surface area contributed by atoms with E-state index < -0.39 is 48.1 Å². The van der Waals surface area contributed by atoms with Crippen molar-refractivity contribution in [2.24, 2.45) is 56.2 Å². The maximum absolute atomic E-state index is 12.9. The topological polar surface area (TPSA) is 132 Å². The first-order valence-electron chi connectivity index (χ1n) is 17.5. The Hall–Kier alpha value is -1.50. The lowest BCUT2D eigenvalue weighted by atomic mass is 9.33. The molecule has 8 nitrogen and oxygen atoms in total. The van der Waals surface area contributed by atoms with Gasteiger partial charge in [0.05, 0.1) is 11.5 Å². The van der Waals surface area contributed by atoms with Crippen molar-refractivity contribution in [2.75, 3.05) is 0 Å². The molecule has 0 amide bonds. The van der Waals surface area contributed by atoms with Crippen LogP contribution in [0.2, 0.25) is 0 Å². The van der Waals surface area contributed by atoms with Crippen LogP contribution in [0.15, 0.2) is 11.6 Å². The Labute approximate surface area is 269 Å². The highest BCUT2D eigenvalue weighted by molar-refractivity contribution is 5.76. The smallest absolute Gasteiger partial charge is 0.356 e. The van der Waals surface area contributed by atoms with E-state index >= 15 is 0 Å². The van der Waals surface area contributed by atoms with Gasteiger partial charge in [-0.3, -0.25) is 14.4 Å². The summed E-state index contributed by atoms with van der Waals surface area (Å²) < 4.78 is 5.74. The quantitative estimate of drug-likeness (QED) is 0.204. The molecule has 0 aromatic heterocycles. The zero-order valence-electron chi connectivity index (χ0n) is 28.4. The maximum atomic E-state index is 12.9. The van der Waals surface area contributed by atoms with Crippen molar-refractivity contribution in [3.8, 4) is 0 Å². The summed E-state index contributed by atoms with van der Waals surface area (Å²) >= 11 is 0. The number of aliphatic carboxylic acids is 1. The van der Waals surface area contributed by atoms with Crippen molar-refractivity contribution in [3.63, 3.8) is 0 Å². The Morgan fingerprint density at radius 3 is 2.22 bits per heavy atom. The normalized spacial score (nSPS) is 52.5. The van der Waals surface area contributed by atoms with Gasteiger partial charge in [-0.1, -0.05) is 60.1 Å². The van der Waals surface area contributed by atoms with E-state index in [0.29, 0.717) is 11.8 Å². The van der Waals surface area contributed by atoms with Crippen LogP contribution in [0.3, 0.4) is 0 Å². The molecular formula is C37H57NO7. The van der Waals surface area contributed by atoms with Gasteiger partial charge in [0, 0.05) is 0 Å². The molecule has 5 N–H and O–H groups in total. The maximum Gasteiger partial charge on any atom is 0.356 e. The lowest BCUT2D eigenvalue weighted by molar-refractivity contribution is -0.256. The van der Waals surface area contributed by atoms with Crippen LogP contribution in [0, 0.1) is 62.7 Å². The highest BCUT2D eigenvalue weighted by Crippen LogP contribution is 2.76. The predicted octanol–water partition coefficient (Wildman–Crippen LogP) is 5.58. The molecule has 6 aliphatic rings. The molecule has 0 bridgehead atoms. The molecule has 0 radical (unpaired) electrons. The Kier molecular flexibility index (Phi) is 7.79. The lowest BCUT2D eigenvalue weighted by Gasteiger charge is -2.71. The van der Waals surface area contributed by atoms with Gasteiger partial charge >= 0.3 is 12.2 Å². The molecule has 8 heteroatoms. The molecule has 45 heavy (non-hydrogen) atoms. The number of carboxylic acid groups (broad SMARTS) is 1. The van der Waals surface area contributed by atoms with Crippen molar-refractivity contribution in [1.82, 2.24) is 0 Å². The van der Waals surface area contributed by atoms with E-state index in [2.05, 4.69) is 59.4 Å². The fourth-order valence-corrected chi connectivity index (χ4v) is 12.8. The number of carbonyl (C=O) groups is 1. The minimum absolute atomic E-state index is 0.00568. The standard InChI is InChI=1S/C37H57NO7/c1-32(2)15-17-37(31(43)44)18-16-35(6)20(22(37)19-32)9-10-24-34(5)13-11-21(33(3,4)23(34)12-14-36(24,35)7)25(39)29-27(41)26(40)28(42)30(38-8)45-29/h9,21-30,39-42H,10-19H2,1-7H3,(H,43,44)/t21-,22?,23?,24?,25+,26-,27?,28+,29+,30?,34+,35-,36-,37+/m1/s1. The number of hydrogen-bond acceptors (Lipinski definition) is 6. The average molecular weight is 628 g/mol. The summed E-state index contributed by atoms with van der Waals surface area (Å²) in [7, 11) is 0. The summed E-state index contributed by atoms with van der Waals surface area (Å²) in [5, 5.41) is 53.9. The largest absolute Gasteiger partial charge is 0.481 e. The second-order valence-corrected chi connectivity index (χ2v) is 18.2. The molecular weight excluding hydrogens is 570 g/mol. The van der Waals surface area contributed by atoms with E-state index in [-0.39, 0.29) is 38.9 Å².